The number of nitrogens with zero attached hydrogens (tertiary/aromatic N) is 2. The predicted octanol–water partition coefficient (Wildman–Crippen LogP) is 5.02. The number of alkyl halides is 9. The van der Waals surface area contributed by atoms with Crippen molar-refractivity contribution in [2.75, 3.05) is 26.3 Å². The van der Waals surface area contributed by atoms with E-state index in [0.29, 0.717) is 12.1 Å². The predicted molar refractivity (Wildman–Crippen MR) is 107 cm³/mol. The van der Waals surface area contributed by atoms with Gasteiger partial charge in [0.05, 0.1) is 36.1 Å². The highest BCUT2D eigenvalue weighted by Gasteiger charge is 2.39. The van der Waals surface area contributed by atoms with E-state index in [1.807, 2.05) is 0 Å². The number of aromatic nitrogens is 1. The normalized spacial score (nSPS) is 15.3. The molecule has 1 aliphatic rings. The number of benzene rings is 1. The van der Waals surface area contributed by atoms with Gasteiger partial charge >= 0.3 is 30.5 Å². The summed E-state index contributed by atoms with van der Waals surface area (Å²) in [5.41, 5.74) is -3.78. The molecule has 1 aromatic heterocycles. The van der Waals surface area contributed by atoms with Crippen LogP contribution in [0.2, 0.25) is 0 Å². The van der Waals surface area contributed by atoms with Crippen molar-refractivity contribution in [3.63, 3.8) is 0 Å². The summed E-state index contributed by atoms with van der Waals surface area (Å²) in [6.07, 6.45) is -13.9. The van der Waals surface area contributed by atoms with E-state index in [1.54, 1.807) is 0 Å². The number of aliphatic carboxylic acids is 1. The van der Waals surface area contributed by atoms with E-state index in [2.05, 4.69) is 10.3 Å². The van der Waals surface area contributed by atoms with Crippen molar-refractivity contribution in [3.8, 4) is 0 Å². The van der Waals surface area contributed by atoms with Crippen LogP contribution >= 0.6 is 0 Å². The summed E-state index contributed by atoms with van der Waals surface area (Å²) in [6.45, 7) is 0.747. The molecule has 2 amide bonds. The molecule has 0 radical (unpaired) electrons. The number of hydrogen-bond acceptors (Lipinski definition) is 4. The molecule has 0 unspecified atom stereocenters. The van der Waals surface area contributed by atoms with Crippen molar-refractivity contribution < 1.29 is 63.3 Å². The van der Waals surface area contributed by atoms with Gasteiger partial charge in [-0.15, -0.1) is 0 Å². The first-order valence-corrected chi connectivity index (χ1v) is 10.2. The van der Waals surface area contributed by atoms with Crippen molar-refractivity contribution >= 4 is 12.0 Å². The molecule has 7 nitrogen and oxygen atoms in total. The van der Waals surface area contributed by atoms with Crippen LogP contribution in [0.1, 0.15) is 28.4 Å². The fourth-order valence-corrected chi connectivity index (χ4v) is 3.12. The number of carbonyl (C=O) groups is 2. The number of pyridine rings is 1. The average molecular weight is 565 g/mol. The van der Waals surface area contributed by atoms with E-state index in [9.17, 15) is 48.7 Å². The van der Waals surface area contributed by atoms with E-state index >= 15 is 0 Å². The molecule has 3 rings (SSSR count). The van der Waals surface area contributed by atoms with E-state index in [1.165, 1.54) is 4.90 Å². The molecule has 210 valence electrons. The molecule has 1 aliphatic heterocycles. The minimum Gasteiger partial charge on any atom is -0.475 e. The summed E-state index contributed by atoms with van der Waals surface area (Å²) in [4.78, 5) is 26.5. The molecule has 2 heterocycles. The van der Waals surface area contributed by atoms with Crippen LogP contribution in [-0.2, 0) is 21.9 Å². The lowest BCUT2D eigenvalue weighted by atomic mass is 9.97. The first-order valence-electron chi connectivity index (χ1n) is 10.2. The zero-order valence-corrected chi connectivity index (χ0v) is 18.7. The number of halogens is 10. The molecule has 0 bridgehead atoms. The van der Waals surface area contributed by atoms with E-state index in [-0.39, 0.29) is 31.9 Å². The SMILES string of the molecule is O=C(N[C@@H](c1ccc(C(F)(F)F)c(F)c1)c1ncccc1C(F)(F)F)N1CCOCC1.O=C(O)C(F)(F)F. The van der Waals surface area contributed by atoms with E-state index < -0.39 is 59.2 Å². The molecule has 1 saturated heterocycles. The Morgan fingerprint density at radius 1 is 0.947 bits per heavy atom. The standard InChI is InChI=1S/C19H16F7N3O2.C2HF3O2/c20-14-10-11(3-4-12(14)18(21,22)23)15(28-17(30)29-6-8-31-9-7-29)16-13(19(24,25)26)2-1-5-27-16;3-2(4,5)1(6)7/h1-5,10,15H,6-9H2,(H,28,30);(H,6,7)/t15-;/m0./s1. The molecule has 1 aromatic carbocycles. The fraction of sp³-hybridized carbons (Fsp3) is 0.381. The van der Waals surface area contributed by atoms with Crippen LogP contribution in [0.25, 0.3) is 0 Å². The lowest BCUT2D eigenvalue weighted by Crippen LogP contribution is -2.47. The summed E-state index contributed by atoms with van der Waals surface area (Å²) in [6, 6.07) is 0.983. The van der Waals surface area contributed by atoms with Crippen molar-refractivity contribution in [2.24, 2.45) is 0 Å². The zero-order chi connectivity index (χ0) is 28.9. The highest BCUT2D eigenvalue weighted by molar-refractivity contribution is 5.75. The van der Waals surface area contributed by atoms with Crippen molar-refractivity contribution in [3.05, 3.63) is 64.7 Å². The second-order valence-electron chi connectivity index (χ2n) is 7.46. The fourth-order valence-electron chi connectivity index (χ4n) is 3.12. The number of morpholine rings is 1. The van der Waals surface area contributed by atoms with Gasteiger partial charge in [0.2, 0.25) is 0 Å². The quantitative estimate of drug-likeness (QED) is 0.510. The second-order valence-corrected chi connectivity index (χ2v) is 7.46. The van der Waals surface area contributed by atoms with Gasteiger partial charge in [0.1, 0.15) is 5.82 Å². The number of carbonyl (C=O) groups excluding carboxylic acids is 1. The maximum absolute atomic E-state index is 14.1. The van der Waals surface area contributed by atoms with Gasteiger partial charge in [-0.2, -0.15) is 39.5 Å². The molecule has 38 heavy (non-hydrogen) atoms. The van der Waals surface area contributed by atoms with Gasteiger partial charge in [0.15, 0.2) is 0 Å². The molecule has 2 N–H and O–H groups in total. The molecule has 0 aliphatic carbocycles. The van der Waals surface area contributed by atoms with Crippen LogP contribution in [0.5, 0.6) is 0 Å². The van der Waals surface area contributed by atoms with Gasteiger partial charge in [0.25, 0.3) is 0 Å². The number of hydrogen-bond donors (Lipinski definition) is 2. The summed E-state index contributed by atoms with van der Waals surface area (Å²) >= 11 is 0. The molecule has 1 fully saturated rings. The molecule has 1 atom stereocenters. The molecule has 0 saturated carbocycles. The van der Waals surface area contributed by atoms with Gasteiger partial charge in [-0.05, 0) is 29.8 Å². The first kappa shape index (κ1) is 30.6. The topological polar surface area (TPSA) is 91.8 Å². The minimum absolute atomic E-state index is 0.161. The Hall–Kier alpha value is -3.63. The Kier molecular flexibility index (Phi) is 9.52. The van der Waals surface area contributed by atoms with Crippen LogP contribution in [0.15, 0.2) is 36.5 Å². The molecule has 2 aromatic rings. The number of ether oxygens (including phenoxy) is 1. The van der Waals surface area contributed by atoms with Gasteiger partial charge in [-0.3, -0.25) is 4.98 Å². The largest absolute Gasteiger partial charge is 0.490 e. The summed E-state index contributed by atoms with van der Waals surface area (Å²) in [7, 11) is 0. The van der Waals surface area contributed by atoms with Crippen LogP contribution in [0.4, 0.5) is 48.7 Å². The molecular formula is C21H17F10N3O4. The van der Waals surface area contributed by atoms with Gasteiger partial charge in [0, 0.05) is 19.3 Å². The Labute approximate surface area is 207 Å². The average Bonchev–Trinajstić information content (AvgIpc) is 2.81. The van der Waals surface area contributed by atoms with Crippen LogP contribution in [0.3, 0.4) is 0 Å². The third-order valence-electron chi connectivity index (χ3n) is 4.86. The first-order chi connectivity index (χ1) is 17.4. The van der Waals surface area contributed by atoms with Crippen molar-refractivity contribution in [1.82, 2.24) is 15.2 Å². The van der Waals surface area contributed by atoms with Crippen molar-refractivity contribution in [1.29, 1.82) is 0 Å². The van der Waals surface area contributed by atoms with Crippen molar-refractivity contribution in [2.45, 2.75) is 24.6 Å². The van der Waals surface area contributed by atoms with E-state index in [4.69, 9.17) is 14.6 Å². The van der Waals surface area contributed by atoms with Gasteiger partial charge in [-0.1, -0.05) is 6.07 Å². The maximum Gasteiger partial charge on any atom is 0.490 e. The number of amides is 2. The van der Waals surface area contributed by atoms with Crippen LogP contribution in [-0.4, -0.2) is 59.5 Å². The monoisotopic (exact) mass is 565 g/mol. The number of rotatable bonds is 3. The molecular weight excluding hydrogens is 548 g/mol. The minimum atomic E-state index is -5.08. The second kappa shape index (κ2) is 11.8. The number of carboxylic acid groups (broad SMARTS) is 1. The highest BCUT2D eigenvalue weighted by atomic mass is 19.4. The lowest BCUT2D eigenvalue weighted by molar-refractivity contribution is -0.192. The number of carboxylic acids is 1. The number of urea groups is 1. The van der Waals surface area contributed by atoms with Crippen LogP contribution < -0.4 is 5.32 Å². The summed E-state index contributed by atoms with van der Waals surface area (Å²) in [5, 5.41) is 9.46. The smallest absolute Gasteiger partial charge is 0.475 e. The Morgan fingerprint density at radius 2 is 1.50 bits per heavy atom. The number of nitrogens with one attached hydrogen (secondary N) is 1. The highest BCUT2D eigenvalue weighted by Crippen LogP contribution is 2.37. The van der Waals surface area contributed by atoms with E-state index in [0.717, 1.165) is 24.4 Å². The molecule has 17 heteroatoms. The maximum atomic E-state index is 14.1. The zero-order valence-electron chi connectivity index (χ0n) is 18.7. The lowest BCUT2D eigenvalue weighted by Gasteiger charge is -2.30. The Balaban J connectivity index is 0.000000638. The Morgan fingerprint density at radius 3 is 1.97 bits per heavy atom. The summed E-state index contributed by atoms with van der Waals surface area (Å²) < 4.78 is 130. The summed E-state index contributed by atoms with van der Waals surface area (Å²) in [5.74, 6) is -4.44. The molecule has 0 spiro atoms. The Bertz CT molecular complexity index is 1130. The third-order valence-corrected chi connectivity index (χ3v) is 4.86. The van der Waals surface area contributed by atoms with Crippen LogP contribution in [0, 0.1) is 5.82 Å². The third kappa shape index (κ3) is 8.19. The van der Waals surface area contributed by atoms with Gasteiger partial charge in [-0.25, -0.2) is 14.0 Å². The van der Waals surface area contributed by atoms with Gasteiger partial charge < -0.3 is 20.1 Å².